The van der Waals surface area contributed by atoms with Crippen molar-refractivity contribution in [3.8, 4) is 0 Å². The summed E-state index contributed by atoms with van der Waals surface area (Å²) in [6, 6.07) is 8.22. The van der Waals surface area contributed by atoms with Crippen LogP contribution in [0.3, 0.4) is 0 Å². The van der Waals surface area contributed by atoms with Crippen LogP contribution in [0.5, 0.6) is 0 Å². The number of nitrogens with zero attached hydrogens (tertiary/aromatic N) is 3. The molecule has 3 nitrogen and oxygen atoms in total. The smallest absolute Gasteiger partial charge is 0.148 e. The molecule has 0 N–H and O–H groups in total. The van der Waals surface area contributed by atoms with Gasteiger partial charge in [0.25, 0.3) is 0 Å². The molecular weight excluding hydrogens is 234 g/mol. The normalized spacial score (nSPS) is 12.5. The Morgan fingerprint density at radius 3 is 2.37 bits per heavy atom. The summed E-state index contributed by atoms with van der Waals surface area (Å²) in [7, 11) is 0. The van der Waals surface area contributed by atoms with Gasteiger partial charge in [-0.05, 0) is 26.0 Å². The number of fused-ring (bicyclic) bond motifs is 3. The summed E-state index contributed by atoms with van der Waals surface area (Å²) >= 11 is 0. The molecule has 2 aromatic heterocycles. The van der Waals surface area contributed by atoms with E-state index in [0.29, 0.717) is 0 Å². The lowest BCUT2D eigenvalue weighted by molar-refractivity contribution is 0.537. The Morgan fingerprint density at radius 2 is 1.68 bits per heavy atom. The van der Waals surface area contributed by atoms with Gasteiger partial charge in [-0.1, -0.05) is 32.9 Å². The minimum atomic E-state index is -0.0137. The standard InChI is InChI=1S/C16H19N3/c1-10-11(2)19-14(17-10)12-8-6-7-9-13(12)18-15(19)16(3,4)5/h6-9H,1-5H3. The molecule has 3 rings (SSSR count). The monoisotopic (exact) mass is 253 g/mol. The lowest BCUT2D eigenvalue weighted by atomic mass is 9.95. The van der Waals surface area contributed by atoms with Crippen LogP contribution in [0.15, 0.2) is 24.3 Å². The number of aromatic nitrogens is 3. The molecule has 98 valence electrons. The Balaban J connectivity index is 2.59. The molecule has 3 aromatic rings. The van der Waals surface area contributed by atoms with Gasteiger partial charge in [0.05, 0.1) is 11.2 Å². The molecule has 2 heterocycles. The molecule has 0 unspecified atom stereocenters. The van der Waals surface area contributed by atoms with Gasteiger partial charge in [-0.3, -0.25) is 4.40 Å². The highest BCUT2D eigenvalue weighted by molar-refractivity contribution is 5.91. The number of para-hydroxylation sites is 1. The molecular formula is C16H19N3. The lowest BCUT2D eigenvalue weighted by Crippen LogP contribution is -2.19. The molecule has 0 saturated carbocycles. The molecule has 0 radical (unpaired) electrons. The van der Waals surface area contributed by atoms with E-state index in [1.807, 2.05) is 12.1 Å². The summed E-state index contributed by atoms with van der Waals surface area (Å²) < 4.78 is 2.21. The van der Waals surface area contributed by atoms with E-state index in [-0.39, 0.29) is 5.41 Å². The van der Waals surface area contributed by atoms with Crippen molar-refractivity contribution in [1.82, 2.24) is 14.4 Å². The van der Waals surface area contributed by atoms with Crippen LogP contribution in [-0.2, 0) is 5.41 Å². The van der Waals surface area contributed by atoms with E-state index in [1.54, 1.807) is 0 Å². The van der Waals surface area contributed by atoms with Crippen LogP contribution in [0.4, 0.5) is 0 Å². The molecule has 3 heteroatoms. The number of benzene rings is 1. The summed E-state index contributed by atoms with van der Waals surface area (Å²) in [6.07, 6.45) is 0. The first-order valence-corrected chi connectivity index (χ1v) is 6.64. The van der Waals surface area contributed by atoms with Gasteiger partial charge in [-0.25, -0.2) is 9.97 Å². The van der Waals surface area contributed by atoms with Crippen molar-refractivity contribution in [3.05, 3.63) is 41.5 Å². The van der Waals surface area contributed by atoms with E-state index in [2.05, 4.69) is 51.2 Å². The number of imidazole rings is 1. The molecule has 0 fully saturated rings. The summed E-state index contributed by atoms with van der Waals surface area (Å²) in [5.74, 6) is 1.07. The van der Waals surface area contributed by atoms with Crippen molar-refractivity contribution in [1.29, 1.82) is 0 Å². The maximum Gasteiger partial charge on any atom is 0.148 e. The molecule has 0 saturated heterocycles. The second kappa shape index (κ2) is 3.80. The van der Waals surface area contributed by atoms with Crippen LogP contribution in [0, 0.1) is 13.8 Å². The van der Waals surface area contributed by atoms with E-state index in [1.165, 1.54) is 5.69 Å². The topological polar surface area (TPSA) is 30.2 Å². The maximum absolute atomic E-state index is 4.87. The third kappa shape index (κ3) is 1.72. The minimum Gasteiger partial charge on any atom is -0.284 e. The predicted molar refractivity (Wildman–Crippen MR) is 78.7 cm³/mol. The van der Waals surface area contributed by atoms with Crippen molar-refractivity contribution in [2.24, 2.45) is 0 Å². The highest BCUT2D eigenvalue weighted by Crippen LogP contribution is 2.28. The van der Waals surface area contributed by atoms with Gasteiger partial charge in [-0.2, -0.15) is 0 Å². The molecule has 0 spiro atoms. The number of hydrogen-bond donors (Lipinski definition) is 0. The molecule has 1 aromatic carbocycles. The zero-order valence-electron chi connectivity index (χ0n) is 12.2. The third-order valence-corrected chi connectivity index (χ3v) is 3.60. The average molecular weight is 253 g/mol. The van der Waals surface area contributed by atoms with E-state index < -0.39 is 0 Å². The molecule has 0 aliphatic heterocycles. The summed E-state index contributed by atoms with van der Waals surface area (Å²) in [6.45, 7) is 10.7. The van der Waals surface area contributed by atoms with Crippen molar-refractivity contribution in [2.75, 3.05) is 0 Å². The third-order valence-electron chi connectivity index (χ3n) is 3.60. The van der Waals surface area contributed by atoms with Gasteiger partial charge in [0.15, 0.2) is 0 Å². The van der Waals surface area contributed by atoms with Crippen LogP contribution in [0.25, 0.3) is 16.6 Å². The lowest BCUT2D eigenvalue weighted by Gasteiger charge is -2.21. The van der Waals surface area contributed by atoms with E-state index in [4.69, 9.17) is 9.97 Å². The Bertz CT molecular complexity index is 776. The Hall–Kier alpha value is -1.90. The van der Waals surface area contributed by atoms with Crippen molar-refractivity contribution < 1.29 is 0 Å². The molecule has 19 heavy (non-hydrogen) atoms. The fourth-order valence-electron chi connectivity index (χ4n) is 2.48. The minimum absolute atomic E-state index is 0.0137. The Morgan fingerprint density at radius 1 is 1.00 bits per heavy atom. The number of aryl methyl sites for hydroxylation is 2. The Labute approximate surface area is 113 Å². The summed E-state index contributed by atoms with van der Waals surface area (Å²) in [4.78, 5) is 9.61. The van der Waals surface area contributed by atoms with E-state index >= 15 is 0 Å². The van der Waals surface area contributed by atoms with Crippen molar-refractivity contribution in [2.45, 2.75) is 40.0 Å². The quantitative estimate of drug-likeness (QED) is 0.610. The molecule has 0 amide bonds. The van der Waals surface area contributed by atoms with Crippen LogP contribution >= 0.6 is 0 Å². The first-order chi connectivity index (χ1) is 8.89. The van der Waals surface area contributed by atoms with Gasteiger partial charge in [0.1, 0.15) is 11.5 Å². The second-order valence-corrected chi connectivity index (χ2v) is 6.14. The van der Waals surface area contributed by atoms with E-state index in [9.17, 15) is 0 Å². The largest absolute Gasteiger partial charge is 0.284 e. The number of hydrogen-bond acceptors (Lipinski definition) is 2. The van der Waals surface area contributed by atoms with Gasteiger partial charge in [-0.15, -0.1) is 0 Å². The van der Waals surface area contributed by atoms with E-state index in [0.717, 1.165) is 28.1 Å². The Kier molecular flexibility index (Phi) is 2.43. The highest BCUT2D eigenvalue weighted by atomic mass is 15.1. The highest BCUT2D eigenvalue weighted by Gasteiger charge is 2.23. The van der Waals surface area contributed by atoms with Gasteiger partial charge >= 0.3 is 0 Å². The predicted octanol–water partition coefficient (Wildman–Crippen LogP) is 3.80. The van der Waals surface area contributed by atoms with Crippen molar-refractivity contribution >= 4 is 16.6 Å². The van der Waals surface area contributed by atoms with Crippen LogP contribution in [-0.4, -0.2) is 14.4 Å². The summed E-state index contributed by atoms with van der Waals surface area (Å²) in [5.41, 5.74) is 4.28. The van der Waals surface area contributed by atoms with Crippen LogP contribution in [0.1, 0.15) is 38.0 Å². The zero-order valence-corrected chi connectivity index (χ0v) is 12.2. The van der Waals surface area contributed by atoms with Gasteiger partial charge < -0.3 is 0 Å². The molecule has 0 bridgehead atoms. The zero-order chi connectivity index (χ0) is 13.8. The fourth-order valence-corrected chi connectivity index (χ4v) is 2.48. The maximum atomic E-state index is 4.87. The molecule has 0 atom stereocenters. The molecule has 0 aliphatic carbocycles. The van der Waals surface area contributed by atoms with Crippen molar-refractivity contribution in [3.63, 3.8) is 0 Å². The van der Waals surface area contributed by atoms with Crippen LogP contribution in [0.2, 0.25) is 0 Å². The first kappa shape index (κ1) is 12.2. The second-order valence-electron chi connectivity index (χ2n) is 6.14. The van der Waals surface area contributed by atoms with Gasteiger partial charge in [0.2, 0.25) is 0 Å². The first-order valence-electron chi connectivity index (χ1n) is 6.64. The van der Waals surface area contributed by atoms with Crippen LogP contribution < -0.4 is 0 Å². The fraction of sp³-hybridized carbons (Fsp3) is 0.375. The number of rotatable bonds is 0. The SMILES string of the molecule is Cc1nc2c3ccccc3nc(C(C)(C)C)n2c1C. The summed E-state index contributed by atoms with van der Waals surface area (Å²) in [5, 5.41) is 1.12. The molecule has 0 aliphatic rings. The van der Waals surface area contributed by atoms with Gasteiger partial charge in [0, 0.05) is 16.5 Å². The average Bonchev–Trinajstić information content (AvgIpc) is 2.64.